The molecule has 0 spiro atoms. The third-order valence-electron chi connectivity index (χ3n) is 2.66. The van der Waals surface area contributed by atoms with Crippen LogP contribution in [0.15, 0.2) is 48.5 Å². The molecular formula is C15H16N2O2. The molecule has 2 N–H and O–H groups in total. The van der Waals surface area contributed by atoms with E-state index in [0.29, 0.717) is 5.69 Å². The molecule has 2 rings (SSSR count). The summed E-state index contributed by atoms with van der Waals surface area (Å²) >= 11 is 0. The SMILES string of the molecule is COc1ccc(NC(=O)Nc2ccc(C)cc2)cc1. The Kier molecular flexibility index (Phi) is 4.03. The number of methoxy groups -OCH3 is 1. The topological polar surface area (TPSA) is 50.4 Å². The van der Waals surface area contributed by atoms with Gasteiger partial charge >= 0.3 is 6.03 Å². The molecule has 0 atom stereocenters. The lowest BCUT2D eigenvalue weighted by Gasteiger charge is -2.08. The molecule has 0 bridgehead atoms. The maximum atomic E-state index is 11.8. The van der Waals surface area contributed by atoms with Gasteiger partial charge in [-0.2, -0.15) is 0 Å². The predicted molar refractivity (Wildman–Crippen MR) is 76.8 cm³/mol. The van der Waals surface area contributed by atoms with Crippen LogP contribution >= 0.6 is 0 Å². The number of aryl methyl sites for hydroxylation is 1. The Hall–Kier alpha value is -2.49. The molecule has 0 fully saturated rings. The minimum atomic E-state index is -0.269. The summed E-state index contributed by atoms with van der Waals surface area (Å²) in [5, 5.41) is 5.52. The van der Waals surface area contributed by atoms with Crippen LogP contribution in [-0.2, 0) is 0 Å². The fourth-order valence-electron chi connectivity index (χ4n) is 1.60. The Morgan fingerprint density at radius 1 is 0.895 bits per heavy atom. The number of urea groups is 1. The highest BCUT2D eigenvalue weighted by Gasteiger charge is 2.02. The van der Waals surface area contributed by atoms with Gasteiger partial charge in [0, 0.05) is 11.4 Å². The normalized spacial score (nSPS) is 9.79. The van der Waals surface area contributed by atoms with E-state index in [1.54, 1.807) is 31.4 Å². The van der Waals surface area contributed by atoms with E-state index in [2.05, 4.69) is 10.6 Å². The van der Waals surface area contributed by atoms with Crippen molar-refractivity contribution < 1.29 is 9.53 Å². The number of benzene rings is 2. The van der Waals surface area contributed by atoms with Crippen LogP contribution in [0.1, 0.15) is 5.56 Å². The number of anilines is 2. The smallest absolute Gasteiger partial charge is 0.323 e. The number of carbonyl (C=O) groups is 1. The Bertz CT molecular complexity index is 547. The van der Waals surface area contributed by atoms with Crippen LogP contribution in [-0.4, -0.2) is 13.1 Å². The highest BCUT2D eigenvalue weighted by atomic mass is 16.5. The fraction of sp³-hybridized carbons (Fsp3) is 0.133. The standard InChI is InChI=1S/C15H16N2O2/c1-11-3-5-12(6-4-11)16-15(18)17-13-7-9-14(19-2)10-8-13/h3-10H,1-2H3,(H2,16,17,18). The summed E-state index contributed by atoms with van der Waals surface area (Å²) in [6, 6.07) is 14.5. The van der Waals surface area contributed by atoms with Crippen molar-refractivity contribution in [3.8, 4) is 5.75 Å². The molecule has 0 heterocycles. The molecule has 2 aromatic rings. The molecule has 0 radical (unpaired) electrons. The van der Waals surface area contributed by atoms with Gasteiger partial charge in [-0.25, -0.2) is 4.79 Å². The zero-order chi connectivity index (χ0) is 13.7. The molecule has 2 amide bonds. The molecule has 0 saturated carbocycles. The van der Waals surface area contributed by atoms with Crippen LogP contribution in [0.5, 0.6) is 5.75 Å². The largest absolute Gasteiger partial charge is 0.497 e. The molecule has 4 heteroatoms. The summed E-state index contributed by atoms with van der Waals surface area (Å²) in [5.41, 5.74) is 2.63. The second kappa shape index (κ2) is 5.91. The highest BCUT2D eigenvalue weighted by molar-refractivity contribution is 5.99. The molecule has 0 aliphatic heterocycles. The minimum Gasteiger partial charge on any atom is -0.497 e. The van der Waals surface area contributed by atoms with Crippen LogP contribution in [0.25, 0.3) is 0 Å². The third kappa shape index (κ3) is 3.74. The average molecular weight is 256 g/mol. The molecule has 98 valence electrons. The van der Waals surface area contributed by atoms with Crippen molar-refractivity contribution in [2.75, 3.05) is 17.7 Å². The van der Waals surface area contributed by atoms with Gasteiger partial charge in [-0.05, 0) is 43.3 Å². The second-order valence-electron chi connectivity index (χ2n) is 4.17. The van der Waals surface area contributed by atoms with Gasteiger partial charge in [0.2, 0.25) is 0 Å². The second-order valence-corrected chi connectivity index (χ2v) is 4.17. The lowest BCUT2D eigenvalue weighted by atomic mass is 10.2. The van der Waals surface area contributed by atoms with E-state index in [4.69, 9.17) is 4.74 Å². The van der Waals surface area contributed by atoms with E-state index < -0.39 is 0 Å². The average Bonchev–Trinajstić information content (AvgIpc) is 2.42. The van der Waals surface area contributed by atoms with Gasteiger partial charge < -0.3 is 15.4 Å². The van der Waals surface area contributed by atoms with E-state index in [1.807, 2.05) is 31.2 Å². The van der Waals surface area contributed by atoms with Gasteiger partial charge in [-0.1, -0.05) is 17.7 Å². The van der Waals surface area contributed by atoms with E-state index in [9.17, 15) is 4.79 Å². The lowest BCUT2D eigenvalue weighted by Crippen LogP contribution is -2.19. The molecule has 2 aromatic carbocycles. The van der Waals surface area contributed by atoms with E-state index in [1.165, 1.54) is 0 Å². The summed E-state index contributed by atoms with van der Waals surface area (Å²) in [4.78, 5) is 11.8. The maximum Gasteiger partial charge on any atom is 0.323 e. The van der Waals surface area contributed by atoms with Gasteiger partial charge in [-0.3, -0.25) is 0 Å². The fourth-order valence-corrected chi connectivity index (χ4v) is 1.60. The molecule has 0 aromatic heterocycles. The predicted octanol–water partition coefficient (Wildman–Crippen LogP) is 3.65. The maximum absolute atomic E-state index is 11.8. The van der Waals surface area contributed by atoms with E-state index >= 15 is 0 Å². The lowest BCUT2D eigenvalue weighted by molar-refractivity contribution is 0.262. The summed E-state index contributed by atoms with van der Waals surface area (Å²) in [6.45, 7) is 2.00. The van der Waals surface area contributed by atoms with Gasteiger partial charge in [0.1, 0.15) is 5.75 Å². The van der Waals surface area contributed by atoms with Gasteiger partial charge in [0.15, 0.2) is 0 Å². The molecule has 0 aliphatic rings. The Balaban J connectivity index is 1.95. The van der Waals surface area contributed by atoms with Crippen molar-refractivity contribution in [3.05, 3.63) is 54.1 Å². The Labute approximate surface area is 112 Å². The summed E-state index contributed by atoms with van der Waals surface area (Å²) in [7, 11) is 1.60. The van der Waals surface area contributed by atoms with Crippen molar-refractivity contribution >= 4 is 17.4 Å². The van der Waals surface area contributed by atoms with Crippen molar-refractivity contribution in [1.82, 2.24) is 0 Å². The number of nitrogens with one attached hydrogen (secondary N) is 2. The Morgan fingerprint density at radius 3 is 1.84 bits per heavy atom. The molecule has 0 saturated heterocycles. The summed E-state index contributed by atoms with van der Waals surface area (Å²) < 4.78 is 5.05. The van der Waals surface area contributed by atoms with E-state index in [-0.39, 0.29) is 6.03 Å². The van der Waals surface area contributed by atoms with Gasteiger partial charge in [0.05, 0.1) is 7.11 Å². The van der Waals surface area contributed by atoms with Crippen LogP contribution < -0.4 is 15.4 Å². The number of amides is 2. The monoisotopic (exact) mass is 256 g/mol. The zero-order valence-corrected chi connectivity index (χ0v) is 10.9. The molecular weight excluding hydrogens is 240 g/mol. The number of rotatable bonds is 3. The van der Waals surface area contributed by atoms with Gasteiger partial charge in [0.25, 0.3) is 0 Å². The molecule has 0 unspecified atom stereocenters. The number of ether oxygens (including phenoxy) is 1. The van der Waals surface area contributed by atoms with Gasteiger partial charge in [-0.15, -0.1) is 0 Å². The molecule has 19 heavy (non-hydrogen) atoms. The van der Waals surface area contributed by atoms with Crippen molar-refractivity contribution in [2.45, 2.75) is 6.92 Å². The quantitative estimate of drug-likeness (QED) is 0.880. The number of carbonyl (C=O) groups excluding carboxylic acids is 1. The van der Waals surface area contributed by atoms with Crippen LogP contribution in [0.3, 0.4) is 0 Å². The number of hydrogen-bond acceptors (Lipinski definition) is 2. The summed E-state index contributed by atoms with van der Waals surface area (Å²) in [5.74, 6) is 0.754. The van der Waals surface area contributed by atoms with Crippen molar-refractivity contribution in [2.24, 2.45) is 0 Å². The first-order valence-corrected chi connectivity index (χ1v) is 5.96. The van der Waals surface area contributed by atoms with Crippen LogP contribution in [0, 0.1) is 6.92 Å². The number of hydrogen-bond donors (Lipinski definition) is 2. The van der Waals surface area contributed by atoms with Crippen molar-refractivity contribution in [1.29, 1.82) is 0 Å². The third-order valence-corrected chi connectivity index (χ3v) is 2.66. The Morgan fingerprint density at radius 2 is 1.37 bits per heavy atom. The highest BCUT2D eigenvalue weighted by Crippen LogP contribution is 2.15. The van der Waals surface area contributed by atoms with E-state index in [0.717, 1.165) is 17.0 Å². The summed E-state index contributed by atoms with van der Waals surface area (Å²) in [6.07, 6.45) is 0. The minimum absolute atomic E-state index is 0.269. The van der Waals surface area contributed by atoms with Crippen molar-refractivity contribution in [3.63, 3.8) is 0 Å². The molecule has 4 nitrogen and oxygen atoms in total. The first kappa shape index (κ1) is 13.0. The first-order valence-electron chi connectivity index (χ1n) is 5.96. The van der Waals surface area contributed by atoms with Crippen LogP contribution in [0.2, 0.25) is 0 Å². The first-order chi connectivity index (χ1) is 9.17. The zero-order valence-electron chi connectivity index (χ0n) is 10.9. The molecule has 0 aliphatic carbocycles. The van der Waals surface area contributed by atoms with Crippen LogP contribution in [0.4, 0.5) is 16.2 Å².